The molecule has 3 rings (SSSR count). The predicted molar refractivity (Wildman–Crippen MR) is 116 cm³/mol. The Hall–Kier alpha value is -2.56. The number of hydrogen-bond acceptors (Lipinski definition) is 7. The number of carbonyl (C=O) groups is 1. The van der Waals surface area contributed by atoms with Crippen LogP contribution in [0.3, 0.4) is 0 Å². The Balaban J connectivity index is 1.54. The third-order valence-corrected chi connectivity index (χ3v) is 5.14. The van der Waals surface area contributed by atoms with Crippen LogP contribution in [-0.4, -0.2) is 32.7 Å². The van der Waals surface area contributed by atoms with Crippen molar-refractivity contribution in [1.29, 1.82) is 0 Å². The zero-order valence-electron chi connectivity index (χ0n) is 14.3. The smallest absolute Gasteiger partial charge is 0.264 e. The number of anilines is 2. The minimum absolute atomic E-state index is 0.0991. The molecule has 0 saturated heterocycles. The molecule has 3 aromatic rings. The second-order valence-electron chi connectivity index (χ2n) is 5.42. The summed E-state index contributed by atoms with van der Waals surface area (Å²) in [7, 11) is 0. The van der Waals surface area contributed by atoms with Crippen LogP contribution in [0.1, 0.15) is 5.56 Å². The van der Waals surface area contributed by atoms with E-state index in [1.54, 1.807) is 30.5 Å². The van der Waals surface area contributed by atoms with Crippen molar-refractivity contribution < 1.29 is 4.79 Å². The zero-order valence-corrected chi connectivity index (χ0v) is 17.5. The van der Waals surface area contributed by atoms with Gasteiger partial charge in [-0.05, 0) is 29.8 Å². The number of nitrogens with zero attached hydrogens (tertiary/aromatic N) is 4. The van der Waals surface area contributed by atoms with Crippen molar-refractivity contribution in [1.82, 2.24) is 14.9 Å². The molecule has 0 aliphatic carbocycles. The van der Waals surface area contributed by atoms with Gasteiger partial charge in [0, 0.05) is 4.47 Å². The van der Waals surface area contributed by atoms with Gasteiger partial charge in [-0.2, -0.15) is 5.10 Å². The molecule has 0 aliphatic rings. The lowest BCUT2D eigenvalue weighted by atomic mass is 10.2. The first kappa shape index (κ1) is 20.2. The summed E-state index contributed by atoms with van der Waals surface area (Å²) in [5.74, 6) is 6.06. The lowest BCUT2D eigenvalue weighted by Gasteiger charge is -2.06. The quantitative estimate of drug-likeness (QED) is 0.206. The predicted octanol–water partition coefficient (Wildman–Crippen LogP) is 3.58. The van der Waals surface area contributed by atoms with Gasteiger partial charge < -0.3 is 11.2 Å². The van der Waals surface area contributed by atoms with Gasteiger partial charge in [0.25, 0.3) is 5.95 Å². The van der Waals surface area contributed by atoms with E-state index < -0.39 is 0 Å². The first-order chi connectivity index (χ1) is 13.5. The number of hydrazone groups is 1. The molecule has 0 aliphatic heterocycles. The Bertz CT molecular complexity index is 1010. The van der Waals surface area contributed by atoms with Crippen LogP contribution in [0.2, 0.25) is 5.02 Å². The van der Waals surface area contributed by atoms with E-state index in [4.69, 9.17) is 17.4 Å². The molecule has 1 aromatic heterocycles. The highest BCUT2D eigenvalue weighted by molar-refractivity contribution is 9.10. The molecule has 0 atom stereocenters. The third kappa shape index (κ3) is 5.47. The molecule has 0 unspecified atom stereocenters. The number of para-hydroxylation sites is 1. The number of benzene rings is 2. The van der Waals surface area contributed by atoms with Gasteiger partial charge in [0.1, 0.15) is 0 Å². The van der Waals surface area contributed by atoms with Gasteiger partial charge in [0.2, 0.25) is 11.1 Å². The highest BCUT2D eigenvalue weighted by Gasteiger charge is 2.12. The van der Waals surface area contributed by atoms with Crippen LogP contribution < -0.4 is 16.6 Å². The summed E-state index contributed by atoms with van der Waals surface area (Å²) >= 11 is 10.6. The SMILES string of the molecule is Nn1c(N/N=C/c2cccc(Br)c2)nnc1SCC(=O)Nc1ccccc1Cl. The molecule has 1 amide bonds. The Morgan fingerprint density at radius 1 is 1.29 bits per heavy atom. The summed E-state index contributed by atoms with van der Waals surface area (Å²) in [6, 6.07) is 14.6. The van der Waals surface area contributed by atoms with Gasteiger partial charge >= 0.3 is 0 Å². The minimum Gasteiger partial charge on any atom is -0.334 e. The van der Waals surface area contributed by atoms with Crippen molar-refractivity contribution in [2.45, 2.75) is 5.16 Å². The van der Waals surface area contributed by atoms with Crippen LogP contribution in [0.25, 0.3) is 0 Å². The van der Waals surface area contributed by atoms with Crippen molar-refractivity contribution in [2.24, 2.45) is 5.10 Å². The number of thioether (sulfide) groups is 1. The highest BCUT2D eigenvalue weighted by Crippen LogP contribution is 2.22. The molecule has 28 heavy (non-hydrogen) atoms. The Morgan fingerprint density at radius 2 is 2.11 bits per heavy atom. The molecule has 0 saturated carbocycles. The van der Waals surface area contributed by atoms with Crippen molar-refractivity contribution >= 4 is 63.1 Å². The van der Waals surface area contributed by atoms with E-state index in [1.165, 1.54) is 4.68 Å². The molecule has 0 radical (unpaired) electrons. The van der Waals surface area contributed by atoms with Gasteiger partial charge in [-0.3, -0.25) is 4.79 Å². The molecular weight excluding hydrogens is 466 g/mol. The lowest BCUT2D eigenvalue weighted by Crippen LogP contribution is -2.17. The summed E-state index contributed by atoms with van der Waals surface area (Å²) in [5, 5.41) is 15.5. The van der Waals surface area contributed by atoms with Crippen molar-refractivity contribution in [3.05, 3.63) is 63.6 Å². The van der Waals surface area contributed by atoms with Crippen LogP contribution >= 0.6 is 39.3 Å². The fourth-order valence-corrected chi connectivity index (χ4v) is 3.34. The highest BCUT2D eigenvalue weighted by atomic mass is 79.9. The molecule has 4 N–H and O–H groups in total. The molecule has 11 heteroatoms. The van der Waals surface area contributed by atoms with Gasteiger partial charge in [-0.1, -0.05) is 63.6 Å². The van der Waals surface area contributed by atoms with Gasteiger partial charge in [0.05, 0.1) is 22.7 Å². The fraction of sp³-hybridized carbons (Fsp3) is 0.0588. The number of nitrogen functional groups attached to an aromatic ring is 1. The average Bonchev–Trinajstić information content (AvgIpc) is 3.02. The van der Waals surface area contributed by atoms with Gasteiger partial charge in [-0.25, -0.2) is 10.1 Å². The zero-order chi connectivity index (χ0) is 19.9. The molecule has 8 nitrogen and oxygen atoms in total. The van der Waals surface area contributed by atoms with Crippen LogP contribution in [0, 0.1) is 0 Å². The van der Waals surface area contributed by atoms with Crippen LogP contribution in [0.5, 0.6) is 0 Å². The molecule has 0 spiro atoms. The summed E-state index contributed by atoms with van der Waals surface area (Å²) in [4.78, 5) is 12.1. The normalized spacial score (nSPS) is 10.9. The van der Waals surface area contributed by atoms with E-state index in [1.807, 2.05) is 24.3 Å². The monoisotopic (exact) mass is 479 g/mol. The summed E-state index contributed by atoms with van der Waals surface area (Å²) < 4.78 is 2.18. The molecule has 0 bridgehead atoms. The third-order valence-electron chi connectivity index (χ3n) is 3.37. The first-order valence-electron chi connectivity index (χ1n) is 7.95. The van der Waals surface area contributed by atoms with Gasteiger partial charge in [0.15, 0.2) is 0 Å². The summed E-state index contributed by atoms with van der Waals surface area (Å²) in [6.45, 7) is 0. The van der Waals surface area contributed by atoms with E-state index in [-0.39, 0.29) is 17.6 Å². The number of rotatable bonds is 7. The minimum atomic E-state index is -0.233. The lowest BCUT2D eigenvalue weighted by molar-refractivity contribution is -0.113. The van der Waals surface area contributed by atoms with Crippen LogP contribution in [0.4, 0.5) is 11.6 Å². The van der Waals surface area contributed by atoms with Gasteiger partial charge in [-0.15, -0.1) is 10.2 Å². The first-order valence-corrected chi connectivity index (χ1v) is 10.1. The number of nitrogens with two attached hydrogens (primary N) is 1. The van der Waals surface area contributed by atoms with Crippen molar-refractivity contribution in [2.75, 3.05) is 22.3 Å². The number of halogens is 2. The standard InChI is InChI=1S/C17H15BrClN7OS/c18-12-5-3-4-11(8-12)9-21-23-16-24-25-17(26(16)20)28-10-15(27)22-14-7-2-1-6-13(14)19/h1-9H,10,20H2,(H,22,27)(H,23,24)/b21-9+. The average molecular weight is 481 g/mol. The van der Waals surface area contributed by atoms with E-state index in [9.17, 15) is 4.79 Å². The topological polar surface area (TPSA) is 110 Å². The largest absolute Gasteiger partial charge is 0.334 e. The van der Waals surface area contributed by atoms with Crippen molar-refractivity contribution in [3.8, 4) is 0 Å². The maximum absolute atomic E-state index is 12.1. The van der Waals surface area contributed by atoms with Crippen molar-refractivity contribution in [3.63, 3.8) is 0 Å². The van der Waals surface area contributed by atoms with E-state index >= 15 is 0 Å². The maximum Gasteiger partial charge on any atom is 0.264 e. The number of carbonyl (C=O) groups excluding carboxylic acids is 1. The van der Waals surface area contributed by atoms with Crippen LogP contribution in [0.15, 0.2) is 63.3 Å². The number of nitrogens with one attached hydrogen (secondary N) is 2. The fourth-order valence-electron chi connectivity index (χ4n) is 2.08. The molecule has 144 valence electrons. The molecule has 0 fully saturated rings. The Kier molecular flexibility index (Phi) is 6.90. The van der Waals surface area contributed by atoms with E-state index in [2.05, 4.69) is 42.0 Å². The number of aromatic nitrogens is 3. The molecule has 2 aromatic carbocycles. The Morgan fingerprint density at radius 3 is 2.89 bits per heavy atom. The van der Waals surface area contributed by atoms with Crippen LogP contribution in [-0.2, 0) is 4.79 Å². The number of hydrogen-bond donors (Lipinski definition) is 3. The second-order valence-corrected chi connectivity index (χ2v) is 7.68. The summed E-state index contributed by atoms with van der Waals surface area (Å²) in [6.07, 6.45) is 1.63. The summed E-state index contributed by atoms with van der Waals surface area (Å²) in [5.41, 5.74) is 4.17. The van der Waals surface area contributed by atoms with E-state index in [0.717, 1.165) is 21.8 Å². The van der Waals surface area contributed by atoms with E-state index in [0.29, 0.717) is 15.9 Å². The maximum atomic E-state index is 12.1. The number of amides is 1. The molecule has 1 heterocycles. The second kappa shape index (κ2) is 9.58. The Labute approximate surface area is 178 Å². The molecular formula is C17H15BrClN7OS.